The molecule has 13 heteroatoms. The van der Waals surface area contributed by atoms with E-state index >= 15 is 0 Å². The number of para-hydroxylation sites is 2. The zero-order valence-electron chi connectivity index (χ0n) is 39.0. The summed E-state index contributed by atoms with van der Waals surface area (Å²) in [4.78, 5) is 30.8. The van der Waals surface area contributed by atoms with Gasteiger partial charge in [0.25, 0.3) is 0 Å². The van der Waals surface area contributed by atoms with Crippen molar-refractivity contribution in [3.8, 4) is 0 Å². The van der Waals surface area contributed by atoms with Gasteiger partial charge in [0, 0.05) is 68.0 Å². The van der Waals surface area contributed by atoms with E-state index < -0.39 is 11.7 Å². The number of H-pyrrole nitrogens is 1. The number of benzene rings is 3. The third-order valence-corrected chi connectivity index (χ3v) is 8.36. The molecule has 1 N–H and O–H groups in total. The minimum atomic E-state index is -4.22. The van der Waals surface area contributed by atoms with Gasteiger partial charge in [-0.2, -0.15) is 13.2 Å². The second kappa shape index (κ2) is 32.3. The van der Waals surface area contributed by atoms with Crippen LogP contribution in [0.5, 0.6) is 0 Å². The van der Waals surface area contributed by atoms with Crippen LogP contribution in [0, 0.1) is 54.3 Å². The van der Waals surface area contributed by atoms with E-state index in [1.165, 1.54) is 42.2 Å². The van der Waals surface area contributed by atoms with E-state index in [9.17, 15) is 17.6 Å². The van der Waals surface area contributed by atoms with Crippen LogP contribution in [0.25, 0.3) is 11.0 Å². The van der Waals surface area contributed by atoms with Gasteiger partial charge in [0.05, 0.1) is 22.9 Å². The fourth-order valence-corrected chi connectivity index (χ4v) is 4.89. The van der Waals surface area contributed by atoms with Gasteiger partial charge in [0.2, 0.25) is 0 Å². The number of hydrogen-bond acceptors (Lipinski definition) is 7. The number of pyridine rings is 3. The summed E-state index contributed by atoms with van der Waals surface area (Å²) < 4.78 is 50.1. The highest BCUT2D eigenvalue weighted by molar-refractivity contribution is 5.74. The lowest BCUT2D eigenvalue weighted by Crippen LogP contribution is -2.04. The molecule has 0 spiro atoms. The Bertz CT molecular complexity index is 2320. The average Bonchev–Trinajstić information content (AvgIpc) is 3.98. The Morgan fingerprint density at radius 2 is 1.21 bits per heavy atom. The first-order valence-corrected chi connectivity index (χ1v) is 21.2. The van der Waals surface area contributed by atoms with E-state index in [2.05, 4.69) is 51.4 Å². The standard InChI is InChI=1S/C8H7F3.C8H8N2.C7H7F.C7H12N2.3C6H7N.C5H6N2/c1-6-3-2-4-7(5-6)8(9,10)11;1-6-9-7-4-2-3-5-8(7)10-6;1-6-2-4-7(8)5-3-6;1-2-3-5-9-6-4-8-7-9;1-6-2-4-7-5-3-6;1-6-3-2-4-7-5-6;1-6-4-2-3-5-7-6;1-5-6-3-2-4-7-5/h2-5H,1H3;2-5H,1H3,(H,9,10);2-5H,1H3;4,6-7H,2-3,5H2,1H3;3*2-5H,1H3;2-4H,1H3. The Kier molecular flexibility index (Phi) is 26.8. The minimum Gasteiger partial charge on any atom is -0.342 e. The lowest BCUT2D eigenvalue weighted by atomic mass is 10.1. The molecule has 9 aromatic rings. The fraction of sp³-hybridized carbons (Fsp3) is 0.226. The second-order valence-electron chi connectivity index (χ2n) is 14.5. The molecule has 66 heavy (non-hydrogen) atoms. The molecule has 0 aliphatic rings. The van der Waals surface area contributed by atoms with Crippen LogP contribution >= 0.6 is 0 Å². The molecule has 346 valence electrons. The number of aryl methyl sites for hydroxylation is 8. The monoisotopic (exact) mass is 899 g/mol. The third-order valence-electron chi connectivity index (χ3n) is 8.36. The van der Waals surface area contributed by atoms with Gasteiger partial charge in [-0.05, 0) is 133 Å². The molecule has 6 heterocycles. The van der Waals surface area contributed by atoms with Gasteiger partial charge < -0.3 is 9.55 Å². The molecule has 9 nitrogen and oxygen atoms in total. The number of fused-ring (bicyclic) bond motifs is 1. The molecule has 6 aromatic heterocycles. The largest absolute Gasteiger partial charge is 0.416 e. The SMILES string of the molecule is CCCCn1ccnc1.Cc1ccc(F)cc1.Cc1cccc(C(F)(F)F)c1.Cc1ccccn1.Cc1cccnc1.Cc1ccncc1.Cc1nc2ccccc2[nH]1.Cc1ncccn1. The summed E-state index contributed by atoms with van der Waals surface area (Å²) in [5.41, 5.74) is 6.82. The number of aromatic amines is 1. The highest BCUT2D eigenvalue weighted by Gasteiger charge is 2.29. The van der Waals surface area contributed by atoms with Crippen molar-refractivity contribution in [3.63, 3.8) is 0 Å². The summed E-state index contributed by atoms with van der Waals surface area (Å²) >= 11 is 0. The summed E-state index contributed by atoms with van der Waals surface area (Å²) in [6, 6.07) is 35.2. The molecule has 0 saturated carbocycles. The lowest BCUT2D eigenvalue weighted by molar-refractivity contribution is -0.137. The Morgan fingerprint density at radius 1 is 0.561 bits per heavy atom. The van der Waals surface area contributed by atoms with Crippen molar-refractivity contribution >= 4 is 11.0 Å². The Morgan fingerprint density at radius 3 is 1.64 bits per heavy atom. The van der Waals surface area contributed by atoms with Gasteiger partial charge in [0.1, 0.15) is 17.5 Å². The molecule has 0 saturated heterocycles. The van der Waals surface area contributed by atoms with Crippen LogP contribution < -0.4 is 0 Å². The summed E-state index contributed by atoms with van der Waals surface area (Å²) in [6.45, 7) is 16.7. The second-order valence-corrected chi connectivity index (χ2v) is 14.5. The van der Waals surface area contributed by atoms with Crippen LogP contribution in [-0.2, 0) is 12.7 Å². The molecular formula is C53H61F4N9. The number of halogens is 4. The van der Waals surface area contributed by atoms with Gasteiger partial charge in [0.15, 0.2) is 0 Å². The molecule has 0 atom stereocenters. The van der Waals surface area contributed by atoms with Crippen molar-refractivity contribution < 1.29 is 17.6 Å². The Labute approximate surface area is 387 Å². The van der Waals surface area contributed by atoms with Crippen LogP contribution in [0.4, 0.5) is 17.6 Å². The Hall–Kier alpha value is -7.41. The van der Waals surface area contributed by atoms with Gasteiger partial charge in [-0.25, -0.2) is 24.3 Å². The van der Waals surface area contributed by atoms with Gasteiger partial charge >= 0.3 is 6.18 Å². The highest BCUT2D eigenvalue weighted by atomic mass is 19.4. The zero-order chi connectivity index (χ0) is 48.4. The molecule has 0 amide bonds. The van der Waals surface area contributed by atoms with Crippen LogP contribution in [0.2, 0.25) is 0 Å². The summed E-state index contributed by atoms with van der Waals surface area (Å²) in [6.07, 6.45) is 16.4. The number of nitrogens with zero attached hydrogens (tertiary/aromatic N) is 8. The first kappa shape index (κ1) is 54.7. The highest BCUT2D eigenvalue weighted by Crippen LogP contribution is 2.29. The lowest BCUT2D eigenvalue weighted by Gasteiger charge is -2.05. The number of aromatic nitrogens is 9. The summed E-state index contributed by atoms with van der Waals surface area (Å²) in [5, 5.41) is 0. The van der Waals surface area contributed by atoms with E-state index in [-0.39, 0.29) is 5.82 Å². The maximum Gasteiger partial charge on any atom is 0.416 e. The van der Waals surface area contributed by atoms with Crippen molar-refractivity contribution in [3.05, 3.63) is 234 Å². The quantitative estimate of drug-likeness (QED) is 0.176. The van der Waals surface area contributed by atoms with E-state index in [4.69, 9.17) is 0 Å². The first-order valence-electron chi connectivity index (χ1n) is 21.2. The number of imidazole rings is 2. The first-order chi connectivity index (χ1) is 31.7. The van der Waals surface area contributed by atoms with E-state index in [1.807, 2.05) is 133 Å². The van der Waals surface area contributed by atoms with Crippen LogP contribution in [0.3, 0.4) is 0 Å². The topological polar surface area (TPSA) is 111 Å². The molecule has 0 aliphatic heterocycles. The van der Waals surface area contributed by atoms with Gasteiger partial charge in [-0.1, -0.05) is 79.1 Å². The van der Waals surface area contributed by atoms with Crippen LogP contribution in [0.1, 0.15) is 64.9 Å². The van der Waals surface area contributed by atoms with E-state index in [1.54, 1.807) is 68.4 Å². The number of unbranched alkanes of at least 4 members (excludes halogenated alkanes) is 1. The van der Waals surface area contributed by atoms with Gasteiger partial charge in [-0.15, -0.1) is 0 Å². The number of rotatable bonds is 3. The van der Waals surface area contributed by atoms with Gasteiger partial charge in [-0.3, -0.25) is 15.0 Å². The van der Waals surface area contributed by atoms with Crippen LogP contribution in [-0.4, -0.2) is 44.4 Å². The predicted molar refractivity (Wildman–Crippen MR) is 259 cm³/mol. The normalized spacial score (nSPS) is 9.70. The molecule has 0 radical (unpaired) electrons. The van der Waals surface area contributed by atoms with Crippen LogP contribution in [0.15, 0.2) is 183 Å². The molecule has 0 fully saturated rings. The summed E-state index contributed by atoms with van der Waals surface area (Å²) in [5.74, 6) is 1.62. The Balaban J connectivity index is 0.000000261. The molecule has 3 aromatic carbocycles. The fourth-order valence-electron chi connectivity index (χ4n) is 4.89. The van der Waals surface area contributed by atoms with E-state index in [0.717, 1.165) is 52.6 Å². The van der Waals surface area contributed by atoms with Crippen molar-refractivity contribution in [1.29, 1.82) is 0 Å². The zero-order valence-corrected chi connectivity index (χ0v) is 39.0. The predicted octanol–water partition coefficient (Wildman–Crippen LogP) is 13.7. The number of hydrogen-bond donors (Lipinski definition) is 1. The number of alkyl halides is 3. The average molecular weight is 900 g/mol. The molecule has 0 aliphatic carbocycles. The number of nitrogens with one attached hydrogen (secondary N) is 1. The maximum atomic E-state index is 12.1. The summed E-state index contributed by atoms with van der Waals surface area (Å²) in [7, 11) is 0. The minimum absolute atomic E-state index is 0.171. The molecule has 0 bridgehead atoms. The van der Waals surface area contributed by atoms with Crippen molar-refractivity contribution in [1.82, 2.24) is 44.4 Å². The maximum absolute atomic E-state index is 12.1. The molecule has 9 rings (SSSR count). The van der Waals surface area contributed by atoms with Crippen molar-refractivity contribution in [2.24, 2.45) is 0 Å². The third kappa shape index (κ3) is 26.9. The van der Waals surface area contributed by atoms with Crippen molar-refractivity contribution in [2.45, 2.75) is 81.0 Å². The van der Waals surface area contributed by atoms with Crippen molar-refractivity contribution in [2.75, 3.05) is 0 Å². The molecular weight excluding hydrogens is 839 g/mol. The van der Waals surface area contributed by atoms with E-state index in [0.29, 0.717) is 5.56 Å². The molecule has 0 unspecified atom stereocenters. The smallest absolute Gasteiger partial charge is 0.342 e.